The molecule has 0 saturated carbocycles. The molecule has 1 saturated heterocycles. The average Bonchev–Trinajstić information content (AvgIpc) is 2.70. The first-order valence-corrected chi connectivity index (χ1v) is 12.6. The lowest BCUT2D eigenvalue weighted by Gasteiger charge is -2.30. The van der Waals surface area contributed by atoms with Gasteiger partial charge in [0.1, 0.15) is 5.75 Å². The lowest BCUT2D eigenvalue weighted by Crippen LogP contribution is -2.49. The Labute approximate surface area is 200 Å². The fraction of sp³-hybridized carbons (Fsp3) is 0.360. The van der Waals surface area contributed by atoms with Gasteiger partial charge in [-0.1, -0.05) is 32.6 Å². The number of ether oxygens (including phenoxy) is 1. The van der Waals surface area contributed by atoms with Crippen LogP contribution in [-0.4, -0.2) is 40.3 Å². The summed E-state index contributed by atoms with van der Waals surface area (Å²) in [6.45, 7) is 8.26. The number of rotatable bonds is 4. The molecule has 0 unspecified atom stereocenters. The van der Waals surface area contributed by atoms with Gasteiger partial charge in [0, 0.05) is 35.5 Å². The van der Waals surface area contributed by atoms with Crippen molar-refractivity contribution in [1.29, 1.82) is 0 Å². The van der Waals surface area contributed by atoms with Crippen molar-refractivity contribution < 1.29 is 22.7 Å². The lowest BCUT2D eigenvalue weighted by molar-refractivity contribution is -0.120. The molecular formula is C25H29N3O5S. The molecule has 0 radical (unpaired) electrons. The number of methoxy groups -OCH3 is 1. The maximum absolute atomic E-state index is 12.5. The Hall–Kier alpha value is -3.51. The summed E-state index contributed by atoms with van der Waals surface area (Å²) < 4.78 is 31.2. The number of urea groups is 1. The molecule has 1 aliphatic heterocycles. The van der Waals surface area contributed by atoms with E-state index in [0.717, 1.165) is 22.9 Å². The van der Waals surface area contributed by atoms with Crippen molar-refractivity contribution in [2.75, 3.05) is 29.5 Å². The van der Waals surface area contributed by atoms with Gasteiger partial charge in [0.15, 0.2) is 0 Å². The smallest absolute Gasteiger partial charge is 0.328 e. The summed E-state index contributed by atoms with van der Waals surface area (Å²) in [5.41, 5.74) is 3.81. The van der Waals surface area contributed by atoms with E-state index >= 15 is 0 Å². The van der Waals surface area contributed by atoms with Gasteiger partial charge in [-0.25, -0.2) is 13.2 Å². The Morgan fingerprint density at radius 1 is 1.09 bits per heavy atom. The molecule has 0 spiro atoms. The number of hydrogen-bond acceptors (Lipinski definition) is 5. The molecule has 2 aromatic rings. The third kappa shape index (κ3) is 5.88. The minimum absolute atomic E-state index is 0.219. The molecule has 1 aliphatic rings. The van der Waals surface area contributed by atoms with E-state index in [1.54, 1.807) is 31.4 Å². The monoisotopic (exact) mass is 483 g/mol. The zero-order valence-electron chi connectivity index (χ0n) is 20.2. The zero-order valence-corrected chi connectivity index (χ0v) is 21.0. The van der Waals surface area contributed by atoms with E-state index in [1.807, 2.05) is 33.8 Å². The van der Waals surface area contributed by atoms with Crippen molar-refractivity contribution in [3.05, 3.63) is 52.6 Å². The number of benzene rings is 2. The van der Waals surface area contributed by atoms with Crippen LogP contribution in [0.15, 0.2) is 30.3 Å². The number of carbonyl (C=O) groups excluding carboxylic acids is 2. The molecule has 1 heterocycles. The van der Waals surface area contributed by atoms with E-state index in [-0.39, 0.29) is 24.3 Å². The van der Waals surface area contributed by atoms with Gasteiger partial charge in [0.2, 0.25) is 15.9 Å². The number of amides is 3. The zero-order chi connectivity index (χ0) is 25.3. The van der Waals surface area contributed by atoms with Gasteiger partial charge in [0.05, 0.1) is 18.9 Å². The Morgan fingerprint density at radius 2 is 1.76 bits per heavy atom. The van der Waals surface area contributed by atoms with Crippen molar-refractivity contribution in [3.63, 3.8) is 0 Å². The maximum Gasteiger partial charge on any atom is 0.328 e. The SMILES string of the molecule is COc1c(C#Cc2ccc(NS(C)(=O)=O)cc2C)cc(N2CCC(=O)NC2=O)cc1C(C)(C)C. The molecule has 34 heavy (non-hydrogen) atoms. The van der Waals surface area contributed by atoms with E-state index in [0.29, 0.717) is 22.7 Å². The minimum Gasteiger partial charge on any atom is -0.495 e. The number of imide groups is 1. The standard InChI is InChI=1S/C25H29N3O5S/c1-16-13-19(27-34(6,31)32)10-9-17(16)7-8-18-14-20(28-12-11-22(29)26-24(28)30)15-21(23(18)33-5)25(2,3)4/h9-10,13-15,27H,11-12H2,1-6H3,(H,26,29,30). The van der Waals surface area contributed by atoms with Crippen LogP contribution in [0.3, 0.4) is 0 Å². The molecule has 9 heteroatoms. The summed E-state index contributed by atoms with van der Waals surface area (Å²) in [6, 6.07) is 8.34. The molecule has 2 N–H and O–H groups in total. The highest BCUT2D eigenvalue weighted by Crippen LogP contribution is 2.38. The van der Waals surface area contributed by atoms with E-state index < -0.39 is 16.1 Å². The summed E-state index contributed by atoms with van der Waals surface area (Å²) in [7, 11) is -1.79. The van der Waals surface area contributed by atoms with Crippen molar-refractivity contribution in [1.82, 2.24) is 5.32 Å². The van der Waals surface area contributed by atoms with Crippen molar-refractivity contribution in [3.8, 4) is 17.6 Å². The van der Waals surface area contributed by atoms with Gasteiger partial charge < -0.3 is 4.74 Å². The molecule has 8 nitrogen and oxygen atoms in total. The second-order valence-corrected chi connectivity index (χ2v) is 11.0. The second-order valence-electron chi connectivity index (χ2n) is 9.23. The number of nitrogens with zero attached hydrogens (tertiary/aromatic N) is 1. The highest BCUT2D eigenvalue weighted by molar-refractivity contribution is 7.92. The van der Waals surface area contributed by atoms with Gasteiger partial charge in [-0.2, -0.15) is 0 Å². The number of carbonyl (C=O) groups is 2. The van der Waals surface area contributed by atoms with E-state index in [4.69, 9.17) is 4.74 Å². The molecule has 3 amide bonds. The quantitative estimate of drug-likeness (QED) is 0.648. The van der Waals surface area contributed by atoms with Gasteiger partial charge in [-0.15, -0.1) is 0 Å². The molecule has 2 aromatic carbocycles. The summed E-state index contributed by atoms with van der Waals surface area (Å²) >= 11 is 0. The van der Waals surface area contributed by atoms with Crippen LogP contribution in [0, 0.1) is 18.8 Å². The van der Waals surface area contributed by atoms with Crippen molar-refractivity contribution >= 4 is 33.3 Å². The van der Waals surface area contributed by atoms with Gasteiger partial charge in [-0.3, -0.25) is 19.7 Å². The third-order valence-electron chi connectivity index (χ3n) is 5.31. The molecule has 3 rings (SSSR count). The predicted octanol–water partition coefficient (Wildman–Crippen LogP) is 3.52. The van der Waals surface area contributed by atoms with Crippen LogP contribution < -0.4 is 19.7 Å². The first-order chi connectivity index (χ1) is 15.8. The number of aryl methyl sites for hydroxylation is 1. The first-order valence-electron chi connectivity index (χ1n) is 10.7. The predicted molar refractivity (Wildman–Crippen MR) is 133 cm³/mol. The summed E-state index contributed by atoms with van der Waals surface area (Å²) in [5, 5.41) is 2.35. The van der Waals surface area contributed by atoms with Crippen LogP contribution in [0.2, 0.25) is 0 Å². The molecule has 0 atom stereocenters. The van der Waals surface area contributed by atoms with Crippen LogP contribution in [0.1, 0.15) is 49.4 Å². The van der Waals surface area contributed by atoms with Crippen molar-refractivity contribution in [2.24, 2.45) is 0 Å². The summed E-state index contributed by atoms with van der Waals surface area (Å²) in [4.78, 5) is 25.6. The summed E-state index contributed by atoms with van der Waals surface area (Å²) in [5.74, 6) is 6.63. The van der Waals surface area contributed by atoms with Gasteiger partial charge in [-0.05, 0) is 48.2 Å². The lowest BCUT2D eigenvalue weighted by atomic mass is 9.84. The highest BCUT2D eigenvalue weighted by atomic mass is 32.2. The van der Waals surface area contributed by atoms with Crippen molar-refractivity contribution in [2.45, 2.75) is 39.5 Å². The van der Waals surface area contributed by atoms with Crippen LogP contribution in [0.25, 0.3) is 0 Å². The number of sulfonamides is 1. The fourth-order valence-electron chi connectivity index (χ4n) is 3.67. The second kappa shape index (κ2) is 9.39. The van der Waals surface area contributed by atoms with Gasteiger partial charge >= 0.3 is 6.03 Å². The molecule has 0 aliphatic carbocycles. The van der Waals surface area contributed by atoms with E-state index in [9.17, 15) is 18.0 Å². The van der Waals surface area contributed by atoms with Crippen LogP contribution in [0.5, 0.6) is 5.75 Å². The van der Waals surface area contributed by atoms with Crippen LogP contribution in [0.4, 0.5) is 16.2 Å². The normalized spacial score (nSPS) is 14.2. The number of anilines is 2. The molecule has 0 bridgehead atoms. The molecule has 0 aromatic heterocycles. The molecule has 180 valence electrons. The number of hydrogen-bond donors (Lipinski definition) is 2. The van der Waals surface area contributed by atoms with E-state index in [1.165, 1.54) is 4.90 Å². The number of nitrogens with one attached hydrogen (secondary N) is 2. The molecular weight excluding hydrogens is 454 g/mol. The van der Waals surface area contributed by atoms with Crippen LogP contribution >= 0.6 is 0 Å². The summed E-state index contributed by atoms with van der Waals surface area (Å²) in [6.07, 6.45) is 1.32. The fourth-order valence-corrected chi connectivity index (χ4v) is 4.22. The third-order valence-corrected chi connectivity index (χ3v) is 5.92. The Balaban J connectivity index is 2.09. The average molecular weight is 484 g/mol. The maximum atomic E-state index is 12.5. The minimum atomic E-state index is -3.37. The Bertz CT molecular complexity index is 1310. The Morgan fingerprint density at radius 3 is 2.32 bits per heavy atom. The highest BCUT2D eigenvalue weighted by Gasteiger charge is 2.28. The topological polar surface area (TPSA) is 105 Å². The first kappa shape index (κ1) is 25.1. The Kier molecular flexibility index (Phi) is 6.94. The van der Waals surface area contributed by atoms with E-state index in [2.05, 4.69) is 21.9 Å². The van der Waals surface area contributed by atoms with Crippen LogP contribution in [-0.2, 0) is 20.2 Å². The molecule has 1 fully saturated rings. The largest absolute Gasteiger partial charge is 0.495 e. The van der Waals surface area contributed by atoms with Gasteiger partial charge in [0.25, 0.3) is 0 Å².